The van der Waals surface area contributed by atoms with Gasteiger partial charge in [0.1, 0.15) is 0 Å². The molecule has 0 fully saturated rings. The topological polar surface area (TPSA) is 0 Å². The second-order valence-corrected chi connectivity index (χ2v) is 4.45. The van der Waals surface area contributed by atoms with Gasteiger partial charge in [0.05, 0.1) is 7.85 Å². The molecule has 0 heterocycles. The van der Waals surface area contributed by atoms with Crippen molar-refractivity contribution in [2.24, 2.45) is 0 Å². The minimum atomic E-state index is 0.00655. The van der Waals surface area contributed by atoms with E-state index in [1.807, 2.05) is 0 Å². The average Bonchev–Trinajstić information content (AvgIpc) is 2.21. The van der Waals surface area contributed by atoms with Gasteiger partial charge in [-0.2, -0.15) is 0 Å². The lowest BCUT2D eigenvalue weighted by Gasteiger charge is -2.22. The Labute approximate surface area is 81.8 Å². The molecule has 0 nitrogen and oxygen atoms in total. The Hall–Kier alpha value is -0.715. The SMILES string of the molecule is [B]C1(C)CCCc2ccccc2C1. The molecule has 66 valence electrons. The summed E-state index contributed by atoms with van der Waals surface area (Å²) in [5, 5.41) is 0.00655. The summed E-state index contributed by atoms with van der Waals surface area (Å²) in [5.74, 6) is 0. The van der Waals surface area contributed by atoms with Crippen LogP contribution >= 0.6 is 0 Å². The van der Waals surface area contributed by atoms with E-state index in [4.69, 9.17) is 7.85 Å². The summed E-state index contributed by atoms with van der Waals surface area (Å²) >= 11 is 0. The van der Waals surface area contributed by atoms with Gasteiger partial charge < -0.3 is 0 Å². The Morgan fingerprint density at radius 3 is 2.69 bits per heavy atom. The Kier molecular flexibility index (Phi) is 2.19. The fraction of sp³-hybridized carbons (Fsp3) is 0.500. The molecule has 1 aromatic carbocycles. The molecule has 0 amide bonds. The van der Waals surface area contributed by atoms with Crippen LogP contribution in [0.5, 0.6) is 0 Å². The quantitative estimate of drug-likeness (QED) is 0.414. The third kappa shape index (κ3) is 1.96. The normalized spacial score (nSPS) is 27.8. The highest BCUT2D eigenvalue weighted by Gasteiger charge is 2.21. The summed E-state index contributed by atoms with van der Waals surface area (Å²) in [6.07, 6.45) is 4.60. The minimum absolute atomic E-state index is 0.00655. The molecule has 1 heteroatoms. The molecule has 1 atom stereocenters. The lowest BCUT2D eigenvalue weighted by Crippen LogP contribution is -2.10. The monoisotopic (exact) mass is 170 g/mol. The van der Waals surface area contributed by atoms with Gasteiger partial charge >= 0.3 is 0 Å². The first-order valence-corrected chi connectivity index (χ1v) is 5.03. The predicted molar refractivity (Wildman–Crippen MR) is 57.2 cm³/mol. The van der Waals surface area contributed by atoms with Crippen molar-refractivity contribution >= 4 is 7.85 Å². The average molecular weight is 170 g/mol. The van der Waals surface area contributed by atoms with Crippen molar-refractivity contribution in [3.63, 3.8) is 0 Å². The third-order valence-corrected chi connectivity index (χ3v) is 2.91. The molecule has 0 N–H and O–H groups in total. The molecule has 0 spiro atoms. The molecule has 0 saturated heterocycles. The van der Waals surface area contributed by atoms with Crippen LogP contribution in [-0.2, 0) is 12.8 Å². The third-order valence-electron chi connectivity index (χ3n) is 2.91. The lowest BCUT2D eigenvalue weighted by molar-refractivity contribution is 0.551. The first kappa shape index (κ1) is 8.86. The predicted octanol–water partition coefficient (Wildman–Crippen LogP) is 2.91. The molecule has 1 aromatic rings. The lowest BCUT2D eigenvalue weighted by atomic mass is 9.65. The van der Waals surface area contributed by atoms with E-state index in [-0.39, 0.29) is 5.31 Å². The summed E-state index contributed by atoms with van der Waals surface area (Å²) in [6, 6.07) is 8.68. The van der Waals surface area contributed by atoms with Gasteiger partial charge in [0.2, 0.25) is 0 Å². The van der Waals surface area contributed by atoms with Gasteiger partial charge in [-0.3, -0.25) is 0 Å². The Morgan fingerprint density at radius 2 is 1.92 bits per heavy atom. The van der Waals surface area contributed by atoms with Crippen molar-refractivity contribution in [1.29, 1.82) is 0 Å². The number of hydrogen-bond acceptors (Lipinski definition) is 0. The zero-order valence-corrected chi connectivity index (χ0v) is 8.22. The molecule has 1 aliphatic carbocycles. The van der Waals surface area contributed by atoms with Crippen LogP contribution in [0.25, 0.3) is 0 Å². The van der Waals surface area contributed by atoms with Gasteiger partial charge in [0, 0.05) is 0 Å². The molecule has 13 heavy (non-hydrogen) atoms. The van der Waals surface area contributed by atoms with Crippen molar-refractivity contribution in [3.8, 4) is 0 Å². The van der Waals surface area contributed by atoms with Crippen molar-refractivity contribution in [3.05, 3.63) is 35.4 Å². The molecular formula is C12H15B. The summed E-state index contributed by atoms with van der Waals surface area (Å²) in [6.45, 7) is 2.16. The van der Waals surface area contributed by atoms with Gasteiger partial charge in [0.15, 0.2) is 0 Å². The maximum Gasteiger partial charge on any atom is 0.0747 e. The molecular weight excluding hydrogens is 155 g/mol. The second-order valence-electron chi connectivity index (χ2n) is 4.45. The largest absolute Gasteiger partial charge is 0.0747 e. The van der Waals surface area contributed by atoms with Crippen molar-refractivity contribution in [2.45, 2.75) is 37.9 Å². The number of fused-ring (bicyclic) bond motifs is 1. The van der Waals surface area contributed by atoms with E-state index in [2.05, 4.69) is 31.2 Å². The molecule has 0 aliphatic heterocycles. The van der Waals surface area contributed by atoms with Gasteiger partial charge in [-0.25, -0.2) is 0 Å². The molecule has 0 aromatic heterocycles. The molecule has 1 unspecified atom stereocenters. The van der Waals surface area contributed by atoms with Crippen molar-refractivity contribution < 1.29 is 0 Å². The Balaban J connectivity index is 2.34. The smallest absolute Gasteiger partial charge is 0.0673 e. The highest BCUT2D eigenvalue weighted by molar-refractivity contribution is 6.15. The van der Waals surface area contributed by atoms with E-state index < -0.39 is 0 Å². The highest BCUT2D eigenvalue weighted by Crippen LogP contribution is 2.36. The molecule has 0 bridgehead atoms. The van der Waals surface area contributed by atoms with Crippen LogP contribution in [0.15, 0.2) is 24.3 Å². The maximum absolute atomic E-state index is 6.19. The van der Waals surface area contributed by atoms with Crippen molar-refractivity contribution in [2.75, 3.05) is 0 Å². The zero-order valence-electron chi connectivity index (χ0n) is 8.22. The van der Waals surface area contributed by atoms with E-state index in [9.17, 15) is 0 Å². The Bertz CT molecular complexity index is 302. The number of benzene rings is 1. The number of hydrogen-bond donors (Lipinski definition) is 0. The fourth-order valence-corrected chi connectivity index (χ4v) is 2.18. The van der Waals surface area contributed by atoms with Gasteiger partial charge in [0.25, 0.3) is 0 Å². The maximum atomic E-state index is 6.19. The van der Waals surface area contributed by atoms with Crippen LogP contribution in [0.4, 0.5) is 0 Å². The van der Waals surface area contributed by atoms with Crippen LogP contribution in [0.2, 0.25) is 5.31 Å². The molecule has 2 rings (SSSR count). The highest BCUT2D eigenvalue weighted by atomic mass is 14.2. The van der Waals surface area contributed by atoms with Gasteiger partial charge in [-0.05, 0) is 30.4 Å². The first-order valence-electron chi connectivity index (χ1n) is 5.03. The van der Waals surface area contributed by atoms with Gasteiger partial charge in [-0.1, -0.05) is 42.9 Å². The van der Waals surface area contributed by atoms with Crippen LogP contribution in [0.1, 0.15) is 30.9 Å². The van der Waals surface area contributed by atoms with Crippen LogP contribution in [-0.4, -0.2) is 7.85 Å². The number of rotatable bonds is 0. The fourth-order valence-electron chi connectivity index (χ4n) is 2.18. The van der Waals surface area contributed by atoms with Crippen LogP contribution in [0, 0.1) is 0 Å². The van der Waals surface area contributed by atoms with E-state index >= 15 is 0 Å². The summed E-state index contributed by atoms with van der Waals surface area (Å²) in [7, 11) is 6.19. The van der Waals surface area contributed by atoms with E-state index in [1.165, 1.54) is 24.0 Å². The number of aryl methyl sites for hydroxylation is 1. The minimum Gasteiger partial charge on any atom is -0.0673 e. The second kappa shape index (κ2) is 3.21. The summed E-state index contributed by atoms with van der Waals surface area (Å²) in [4.78, 5) is 0. The van der Waals surface area contributed by atoms with Crippen LogP contribution in [0.3, 0.4) is 0 Å². The first-order chi connectivity index (χ1) is 6.17. The summed E-state index contributed by atoms with van der Waals surface area (Å²) < 4.78 is 0. The van der Waals surface area contributed by atoms with Crippen LogP contribution < -0.4 is 0 Å². The van der Waals surface area contributed by atoms with E-state index in [0.29, 0.717) is 0 Å². The van der Waals surface area contributed by atoms with Gasteiger partial charge in [-0.15, -0.1) is 0 Å². The standard InChI is InChI=1S/C12H15B/c1-12(13)8-4-7-10-5-2-3-6-11(10)9-12/h2-3,5-6H,4,7-9H2,1H3. The van der Waals surface area contributed by atoms with E-state index in [0.717, 1.165) is 12.8 Å². The molecule has 1 aliphatic rings. The van der Waals surface area contributed by atoms with Crippen molar-refractivity contribution in [1.82, 2.24) is 0 Å². The molecule has 0 saturated carbocycles. The van der Waals surface area contributed by atoms with E-state index in [1.54, 1.807) is 0 Å². The molecule has 2 radical (unpaired) electrons. The Morgan fingerprint density at radius 1 is 1.23 bits per heavy atom. The summed E-state index contributed by atoms with van der Waals surface area (Å²) in [5.41, 5.74) is 2.95. The zero-order chi connectivity index (χ0) is 9.31.